The molecule has 0 saturated carbocycles. The maximum atomic E-state index is 12.3. The molecule has 1 amide bonds. The predicted octanol–water partition coefficient (Wildman–Crippen LogP) is -0.255. The van der Waals surface area contributed by atoms with Crippen molar-refractivity contribution in [2.45, 2.75) is 5.75 Å². The van der Waals surface area contributed by atoms with Crippen LogP contribution in [0.25, 0.3) is 0 Å². The normalized spacial score (nSPS) is 17.0. The molecule has 0 aliphatic carbocycles. The third-order valence-corrected chi connectivity index (χ3v) is 4.99. The van der Waals surface area contributed by atoms with E-state index in [4.69, 9.17) is 5.11 Å². The number of hydrogen-bond donors (Lipinski definition) is 1. The Bertz CT molecular complexity index is 629. The fourth-order valence-electron chi connectivity index (χ4n) is 2.13. The number of carbonyl (C=O) groups excluding carboxylic acids is 1. The van der Waals surface area contributed by atoms with Gasteiger partial charge >= 0.3 is 5.97 Å². The van der Waals surface area contributed by atoms with Crippen LogP contribution in [0.2, 0.25) is 0 Å². The number of piperazine rings is 1. The van der Waals surface area contributed by atoms with Gasteiger partial charge in [-0.3, -0.25) is 9.59 Å². The number of carboxylic acids is 1. The first-order valence-corrected chi connectivity index (χ1v) is 8.01. The van der Waals surface area contributed by atoms with Gasteiger partial charge in [-0.15, -0.1) is 0 Å². The van der Waals surface area contributed by atoms with E-state index in [1.165, 1.54) is 0 Å². The van der Waals surface area contributed by atoms with Gasteiger partial charge < -0.3 is 10.0 Å². The average molecular weight is 312 g/mol. The van der Waals surface area contributed by atoms with E-state index in [0.717, 1.165) is 9.21 Å². The first-order valence-electron chi connectivity index (χ1n) is 6.40. The zero-order chi connectivity index (χ0) is 15.5. The largest absolute Gasteiger partial charge is 0.480 e. The minimum Gasteiger partial charge on any atom is -0.480 e. The highest BCUT2D eigenvalue weighted by atomic mass is 32.2. The molecular weight excluding hydrogens is 296 g/mol. The second kappa shape index (κ2) is 6.23. The number of benzene rings is 1. The third-order valence-electron chi connectivity index (χ3n) is 3.20. The van der Waals surface area contributed by atoms with Crippen molar-refractivity contribution in [1.29, 1.82) is 0 Å². The van der Waals surface area contributed by atoms with Crippen LogP contribution in [-0.2, 0) is 25.4 Å². The lowest BCUT2D eigenvalue weighted by molar-refractivity contribution is -0.146. The minimum absolute atomic E-state index is 0.0964. The van der Waals surface area contributed by atoms with Gasteiger partial charge in [-0.2, -0.15) is 4.31 Å². The lowest BCUT2D eigenvalue weighted by atomic mass is 10.2. The molecule has 114 valence electrons. The molecule has 0 spiro atoms. The Morgan fingerprint density at radius 3 is 2.43 bits per heavy atom. The maximum Gasteiger partial charge on any atom is 0.323 e. The number of aliphatic carboxylic acids is 1. The number of amides is 1. The highest BCUT2D eigenvalue weighted by Crippen LogP contribution is 2.14. The van der Waals surface area contributed by atoms with Gasteiger partial charge in [0.1, 0.15) is 6.54 Å². The van der Waals surface area contributed by atoms with Crippen molar-refractivity contribution in [1.82, 2.24) is 9.21 Å². The summed E-state index contributed by atoms with van der Waals surface area (Å²) in [6.07, 6.45) is 0. The summed E-state index contributed by atoms with van der Waals surface area (Å²) >= 11 is 0. The number of hydrogen-bond acceptors (Lipinski definition) is 4. The molecule has 1 saturated heterocycles. The van der Waals surface area contributed by atoms with E-state index >= 15 is 0 Å². The summed E-state index contributed by atoms with van der Waals surface area (Å²) in [6, 6.07) is 8.71. The van der Waals surface area contributed by atoms with Gasteiger partial charge in [-0.05, 0) is 5.56 Å². The molecular formula is C13H16N2O5S. The first-order chi connectivity index (χ1) is 9.88. The van der Waals surface area contributed by atoms with Gasteiger partial charge in [-0.1, -0.05) is 30.3 Å². The summed E-state index contributed by atoms with van der Waals surface area (Å²) < 4.78 is 25.6. The molecule has 1 aromatic carbocycles. The van der Waals surface area contributed by atoms with Crippen LogP contribution in [0.4, 0.5) is 0 Å². The molecule has 2 rings (SSSR count). The summed E-state index contributed by atoms with van der Waals surface area (Å²) in [5, 5.41) is 8.68. The molecule has 7 nitrogen and oxygen atoms in total. The molecule has 1 aliphatic rings. The van der Waals surface area contributed by atoms with Crippen molar-refractivity contribution in [3.05, 3.63) is 35.9 Å². The van der Waals surface area contributed by atoms with Crippen LogP contribution < -0.4 is 0 Å². The quantitative estimate of drug-likeness (QED) is 0.808. The molecule has 0 aromatic heterocycles. The van der Waals surface area contributed by atoms with Gasteiger partial charge in [0.15, 0.2) is 0 Å². The van der Waals surface area contributed by atoms with Crippen LogP contribution in [0.5, 0.6) is 0 Å². The summed E-state index contributed by atoms with van der Waals surface area (Å²) in [5.74, 6) is -1.76. The van der Waals surface area contributed by atoms with E-state index in [2.05, 4.69) is 0 Å². The molecule has 0 radical (unpaired) electrons. The van der Waals surface area contributed by atoms with Gasteiger partial charge in [-0.25, -0.2) is 8.42 Å². The van der Waals surface area contributed by atoms with Crippen molar-refractivity contribution in [2.24, 2.45) is 0 Å². The number of nitrogens with zero attached hydrogens (tertiary/aromatic N) is 2. The third kappa shape index (κ3) is 4.02. The summed E-state index contributed by atoms with van der Waals surface area (Å²) in [5.41, 5.74) is 0.651. The molecule has 21 heavy (non-hydrogen) atoms. The van der Waals surface area contributed by atoms with E-state index in [-0.39, 0.29) is 25.4 Å². The molecule has 8 heteroatoms. The standard InChI is InChI=1S/C13H16N2O5S/c16-12-8-15(7-6-14(12)9-13(17)18)21(19,20)10-11-4-2-1-3-5-11/h1-5H,6-10H2,(H,17,18). The molecule has 1 fully saturated rings. The molecule has 0 bridgehead atoms. The van der Waals surface area contributed by atoms with Crippen LogP contribution in [0, 0.1) is 0 Å². The zero-order valence-electron chi connectivity index (χ0n) is 11.3. The van der Waals surface area contributed by atoms with Crippen molar-refractivity contribution in [3.63, 3.8) is 0 Å². The molecule has 1 aliphatic heterocycles. The Labute approximate surface area is 122 Å². The second-order valence-corrected chi connectivity index (χ2v) is 6.75. The van der Waals surface area contributed by atoms with E-state index in [1.54, 1.807) is 30.3 Å². The van der Waals surface area contributed by atoms with Crippen LogP contribution >= 0.6 is 0 Å². The van der Waals surface area contributed by atoms with Crippen molar-refractivity contribution < 1.29 is 23.1 Å². The highest BCUT2D eigenvalue weighted by Gasteiger charge is 2.32. The lowest BCUT2D eigenvalue weighted by Crippen LogP contribution is -2.53. The van der Waals surface area contributed by atoms with Crippen LogP contribution in [0.1, 0.15) is 5.56 Å². The molecule has 1 aromatic rings. The fourth-order valence-corrected chi connectivity index (χ4v) is 3.59. The summed E-state index contributed by atoms with van der Waals surface area (Å²) in [7, 11) is -3.58. The fraction of sp³-hybridized carbons (Fsp3) is 0.385. The Morgan fingerprint density at radius 2 is 1.86 bits per heavy atom. The minimum atomic E-state index is -3.58. The SMILES string of the molecule is O=C(O)CN1CCN(S(=O)(=O)Cc2ccccc2)CC1=O. The van der Waals surface area contributed by atoms with Gasteiger partial charge in [0, 0.05) is 13.1 Å². The smallest absolute Gasteiger partial charge is 0.323 e. The van der Waals surface area contributed by atoms with Gasteiger partial charge in [0.2, 0.25) is 15.9 Å². The van der Waals surface area contributed by atoms with Gasteiger partial charge in [0.05, 0.1) is 12.3 Å². The number of rotatable bonds is 5. The van der Waals surface area contributed by atoms with Crippen molar-refractivity contribution in [2.75, 3.05) is 26.2 Å². The molecule has 0 atom stereocenters. The summed E-state index contributed by atoms with van der Waals surface area (Å²) in [6.45, 7) is -0.485. The van der Waals surface area contributed by atoms with E-state index in [0.29, 0.717) is 5.56 Å². The van der Waals surface area contributed by atoms with E-state index < -0.39 is 28.4 Å². The maximum absolute atomic E-state index is 12.3. The Balaban J connectivity index is 2.03. The van der Waals surface area contributed by atoms with Gasteiger partial charge in [0.25, 0.3) is 0 Å². The van der Waals surface area contributed by atoms with E-state index in [1.807, 2.05) is 0 Å². The number of sulfonamides is 1. The number of carbonyl (C=O) groups is 2. The van der Waals surface area contributed by atoms with Crippen molar-refractivity contribution >= 4 is 21.9 Å². The first kappa shape index (κ1) is 15.5. The predicted molar refractivity (Wildman–Crippen MR) is 74.9 cm³/mol. The Kier molecular flexibility index (Phi) is 4.59. The van der Waals surface area contributed by atoms with Crippen LogP contribution in [-0.4, -0.2) is 60.8 Å². The Morgan fingerprint density at radius 1 is 1.19 bits per heavy atom. The molecule has 0 unspecified atom stereocenters. The second-order valence-electron chi connectivity index (χ2n) is 4.78. The van der Waals surface area contributed by atoms with Crippen LogP contribution in [0.15, 0.2) is 30.3 Å². The summed E-state index contributed by atoms with van der Waals surface area (Å²) in [4.78, 5) is 23.6. The molecule has 1 heterocycles. The molecule has 1 N–H and O–H groups in total. The number of carboxylic acid groups (broad SMARTS) is 1. The van der Waals surface area contributed by atoms with E-state index in [9.17, 15) is 18.0 Å². The Hall–Kier alpha value is -1.93. The average Bonchev–Trinajstić information content (AvgIpc) is 2.41. The lowest BCUT2D eigenvalue weighted by Gasteiger charge is -2.32. The monoisotopic (exact) mass is 312 g/mol. The highest BCUT2D eigenvalue weighted by molar-refractivity contribution is 7.88. The topological polar surface area (TPSA) is 95.0 Å². The zero-order valence-corrected chi connectivity index (χ0v) is 12.1. The van der Waals surface area contributed by atoms with Crippen LogP contribution in [0.3, 0.4) is 0 Å². The van der Waals surface area contributed by atoms with Crippen molar-refractivity contribution in [3.8, 4) is 0 Å².